The Labute approximate surface area is 309 Å². The molecule has 0 bridgehead atoms. The molecular weight excluding hydrogens is 754 g/mol. The molecule has 4 aromatic rings. The van der Waals surface area contributed by atoms with Crippen molar-refractivity contribution in [3.8, 4) is 28.7 Å². The molecule has 0 spiro atoms. The molecule has 274 valence electrons. The lowest BCUT2D eigenvalue weighted by Gasteiger charge is -2.38. The number of ether oxygens (including phenoxy) is 4. The first-order chi connectivity index (χ1) is 25.4. The lowest BCUT2D eigenvalue weighted by atomic mass is 9.71. The van der Waals surface area contributed by atoms with E-state index in [-0.39, 0.29) is 76.1 Å². The van der Waals surface area contributed by atoms with Crippen LogP contribution in [0.15, 0.2) is 78.1 Å². The van der Waals surface area contributed by atoms with Crippen molar-refractivity contribution in [2.45, 2.75) is 32.0 Å². The largest absolute Gasteiger partial charge is 0.502 e. The zero-order valence-electron chi connectivity index (χ0n) is 29.3. The Morgan fingerprint density at radius 1 is 0.925 bits per heavy atom. The minimum Gasteiger partial charge on any atom is -0.502 e. The van der Waals surface area contributed by atoms with E-state index in [1.165, 1.54) is 48.4 Å². The summed E-state index contributed by atoms with van der Waals surface area (Å²) in [4.78, 5) is 72.8. The Balaban J connectivity index is 1.27. The predicted molar refractivity (Wildman–Crippen MR) is 196 cm³/mol. The number of Topliss-reactive ketones (excluding diaryl/α,β-unsaturated/α-hetero) is 1. The average molecular weight is 789 g/mol. The van der Waals surface area contributed by atoms with Crippen LogP contribution in [-0.2, 0) is 36.1 Å². The summed E-state index contributed by atoms with van der Waals surface area (Å²) in [5, 5.41) is 10.4. The van der Waals surface area contributed by atoms with Gasteiger partial charge in [0.25, 0.3) is 5.56 Å². The molecule has 2 aromatic carbocycles. The summed E-state index contributed by atoms with van der Waals surface area (Å²) in [6.07, 6.45) is 6.49. The molecule has 2 aliphatic carbocycles. The summed E-state index contributed by atoms with van der Waals surface area (Å²) in [5.41, 5.74) is 1.29. The number of benzene rings is 2. The maximum Gasteiger partial charge on any atom is 0.347 e. The van der Waals surface area contributed by atoms with Crippen molar-refractivity contribution in [1.82, 2.24) is 23.5 Å². The Kier molecular flexibility index (Phi) is 9.10. The minimum atomic E-state index is -0.772. The number of aryl methyl sites for hydroxylation is 2. The number of ketones is 2. The molecule has 2 aromatic heterocycles. The van der Waals surface area contributed by atoms with Crippen molar-refractivity contribution in [1.29, 1.82) is 0 Å². The van der Waals surface area contributed by atoms with Gasteiger partial charge in [0.2, 0.25) is 5.75 Å². The molecule has 0 saturated carbocycles. The van der Waals surface area contributed by atoms with Crippen molar-refractivity contribution in [3.05, 3.63) is 106 Å². The highest BCUT2D eigenvalue weighted by molar-refractivity contribution is 9.12. The molecule has 1 aliphatic heterocycles. The van der Waals surface area contributed by atoms with E-state index in [4.69, 9.17) is 18.9 Å². The maximum absolute atomic E-state index is 14.1. The van der Waals surface area contributed by atoms with Crippen LogP contribution >= 0.6 is 15.9 Å². The van der Waals surface area contributed by atoms with Crippen LogP contribution in [0.2, 0.25) is 0 Å². The Morgan fingerprint density at radius 3 is 2.25 bits per heavy atom. The van der Waals surface area contributed by atoms with Crippen molar-refractivity contribution >= 4 is 44.6 Å². The number of fused-ring (bicyclic) bond motifs is 4. The number of carbonyl (C=O) groups excluding carboxylic acids is 2. The second-order valence-electron chi connectivity index (χ2n) is 12.6. The zero-order chi connectivity index (χ0) is 37.9. The van der Waals surface area contributed by atoms with Crippen LogP contribution < -0.4 is 35.9 Å². The normalized spacial score (nSPS) is 18.1. The summed E-state index contributed by atoms with van der Waals surface area (Å²) < 4.78 is 26.6. The zero-order valence-corrected chi connectivity index (χ0v) is 30.9. The molecule has 3 heterocycles. The molecule has 0 fully saturated rings. The Morgan fingerprint density at radius 2 is 1.58 bits per heavy atom. The second kappa shape index (κ2) is 13.6. The van der Waals surface area contributed by atoms with Crippen molar-refractivity contribution in [2.75, 3.05) is 28.4 Å². The molecule has 15 nitrogen and oxygen atoms in total. The van der Waals surface area contributed by atoms with Crippen LogP contribution in [0.25, 0.3) is 17.1 Å². The molecule has 0 unspecified atom stereocenters. The first-order valence-electron chi connectivity index (χ1n) is 16.5. The number of aromatic nitrogens is 5. The standard InChI is InChI=1S/C37H34BrN5O10/c1-40-26-17-29(51-3)28(50-2)16-24(26)39-23(35(40)47)9-10-41-36(48)42-11-8-19-20(7-6-18-12-30(52-4)34(46)31(13-18)53-5)32-21(14-25(19)43(42)37(41)49)33(45)22(38)15-27(32)44/h6-8,12-13,15-17,20,25,46H,9-11,14H2,1-5H3/t20-,25+/m0/s1. The van der Waals surface area contributed by atoms with Gasteiger partial charge in [-0.3, -0.25) is 14.4 Å². The van der Waals surface area contributed by atoms with Crippen LogP contribution in [-0.4, -0.2) is 68.6 Å². The number of nitrogens with zero attached hydrogens (tertiary/aromatic N) is 5. The number of aromatic hydroxyl groups is 1. The fourth-order valence-electron chi connectivity index (χ4n) is 7.30. The van der Waals surface area contributed by atoms with E-state index in [1.807, 2.05) is 0 Å². The highest BCUT2D eigenvalue weighted by Crippen LogP contribution is 2.47. The number of phenolic OH excluding ortho intramolecular Hbond substituents is 1. The van der Waals surface area contributed by atoms with Crippen molar-refractivity contribution < 1.29 is 33.6 Å². The molecule has 1 N–H and O–H groups in total. The SMILES string of the molecule is COc1cc2nc(CCn3c(=O)n4n(c3=O)[C@@H]3CC5=C(C(=O)C=C(Br)C5=O)[C@@H](C=Cc5cc(OC)c(O)c(OC)c5)C3=CC4)c(=O)n(C)c2cc1OC. The summed E-state index contributed by atoms with van der Waals surface area (Å²) >= 11 is 3.22. The van der Waals surface area contributed by atoms with Gasteiger partial charge in [0.05, 0.1) is 56.5 Å². The smallest absolute Gasteiger partial charge is 0.347 e. The number of methoxy groups -OCH3 is 4. The fraction of sp³-hybridized carbons (Fsp3) is 0.297. The lowest BCUT2D eigenvalue weighted by Crippen LogP contribution is -2.41. The number of hydrogen-bond donors (Lipinski definition) is 1. The summed E-state index contributed by atoms with van der Waals surface area (Å²) in [6, 6.07) is 5.72. The van der Waals surface area contributed by atoms with Gasteiger partial charge in [-0.15, -0.1) is 0 Å². The number of hydrogen-bond acceptors (Lipinski definition) is 11. The molecule has 3 aliphatic rings. The van der Waals surface area contributed by atoms with E-state index in [0.717, 1.165) is 4.57 Å². The highest BCUT2D eigenvalue weighted by Gasteiger charge is 2.43. The van der Waals surface area contributed by atoms with Crippen LogP contribution in [0, 0.1) is 5.92 Å². The second-order valence-corrected chi connectivity index (χ2v) is 13.5. The summed E-state index contributed by atoms with van der Waals surface area (Å²) in [5.74, 6) is -0.437. The van der Waals surface area contributed by atoms with E-state index in [9.17, 15) is 29.1 Å². The number of rotatable bonds is 9. The van der Waals surface area contributed by atoms with E-state index in [2.05, 4.69) is 20.9 Å². The lowest BCUT2D eigenvalue weighted by molar-refractivity contribution is -0.116. The van der Waals surface area contributed by atoms with E-state index in [0.29, 0.717) is 33.7 Å². The van der Waals surface area contributed by atoms with Crippen LogP contribution in [0.3, 0.4) is 0 Å². The van der Waals surface area contributed by atoms with Gasteiger partial charge >= 0.3 is 11.4 Å². The number of carbonyl (C=O) groups is 2. The molecule has 7 rings (SSSR count). The predicted octanol–water partition coefficient (Wildman–Crippen LogP) is 2.98. The molecule has 2 atom stereocenters. The third-order valence-corrected chi connectivity index (χ3v) is 10.5. The Hall–Kier alpha value is -5.90. The third-order valence-electron chi connectivity index (χ3n) is 9.93. The molecule has 0 amide bonds. The summed E-state index contributed by atoms with van der Waals surface area (Å²) in [6.45, 7) is -0.110. The van der Waals surface area contributed by atoms with Crippen LogP contribution in [0.4, 0.5) is 0 Å². The van der Waals surface area contributed by atoms with Gasteiger partial charge in [-0.1, -0.05) is 18.2 Å². The van der Waals surface area contributed by atoms with Crippen LogP contribution in [0.1, 0.15) is 23.7 Å². The van der Waals surface area contributed by atoms with Gasteiger partial charge < -0.3 is 28.6 Å². The minimum absolute atomic E-state index is 0.00129. The number of halogens is 1. The fourth-order valence-corrected chi connectivity index (χ4v) is 7.75. The van der Waals surface area contributed by atoms with Crippen LogP contribution in [0.5, 0.6) is 28.7 Å². The topological polar surface area (TPSA) is 175 Å². The highest BCUT2D eigenvalue weighted by atomic mass is 79.9. The first kappa shape index (κ1) is 35.5. The molecule has 53 heavy (non-hydrogen) atoms. The van der Waals surface area contributed by atoms with E-state index >= 15 is 0 Å². The number of phenols is 1. The van der Waals surface area contributed by atoms with Crippen molar-refractivity contribution in [3.63, 3.8) is 0 Å². The maximum atomic E-state index is 14.1. The Bertz CT molecular complexity index is 2540. The van der Waals surface area contributed by atoms with E-state index in [1.54, 1.807) is 49.5 Å². The number of allylic oxidation sites excluding steroid dienone is 7. The summed E-state index contributed by atoms with van der Waals surface area (Å²) in [7, 11) is 7.40. The third kappa shape index (κ3) is 5.73. The van der Waals surface area contributed by atoms with Gasteiger partial charge in [0, 0.05) is 61.7 Å². The first-order valence-corrected chi connectivity index (χ1v) is 17.3. The van der Waals surface area contributed by atoms with Gasteiger partial charge in [-0.2, -0.15) is 0 Å². The average Bonchev–Trinajstić information content (AvgIpc) is 3.41. The van der Waals surface area contributed by atoms with Gasteiger partial charge in [-0.25, -0.2) is 28.5 Å². The molecule has 0 radical (unpaired) electrons. The van der Waals surface area contributed by atoms with Crippen molar-refractivity contribution in [2.24, 2.45) is 13.0 Å². The molecule has 0 saturated heterocycles. The molecular formula is C37H34BrN5O10. The monoisotopic (exact) mass is 787 g/mol. The van der Waals surface area contributed by atoms with E-state index < -0.39 is 28.9 Å². The molecule has 16 heteroatoms. The van der Waals surface area contributed by atoms with Gasteiger partial charge in [-0.05, 0) is 39.2 Å². The van der Waals surface area contributed by atoms with Gasteiger partial charge in [0.15, 0.2) is 34.6 Å². The van der Waals surface area contributed by atoms with Gasteiger partial charge in [0.1, 0.15) is 5.69 Å². The quantitative estimate of drug-likeness (QED) is 0.195.